The van der Waals surface area contributed by atoms with Crippen LogP contribution < -0.4 is 16.0 Å². The van der Waals surface area contributed by atoms with Crippen molar-refractivity contribution in [2.45, 2.75) is 19.8 Å². The molecule has 90 valence electrons. The Morgan fingerprint density at radius 2 is 2.12 bits per heavy atom. The molecule has 3 N–H and O–H groups in total. The Morgan fingerprint density at radius 3 is 2.71 bits per heavy atom. The van der Waals surface area contributed by atoms with Crippen LogP contribution in [-0.2, 0) is 0 Å². The molecule has 0 aliphatic heterocycles. The maximum Gasteiger partial charge on any atom is 0.145 e. The van der Waals surface area contributed by atoms with Gasteiger partial charge >= 0.3 is 0 Å². The van der Waals surface area contributed by atoms with Gasteiger partial charge in [-0.15, -0.1) is 0 Å². The van der Waals surface area contributed by atoms with Crippen molar-refractivity contribution in [2.75, 3.05) is 12.5 Å². The fourth-order valence-corrected chi connectivity index (χ4v) is 1.91. The van der Waals surface area contributed by atoms with E-state index in [9.17, 15) is 0 Å². The van der Waals surface area contributed by atoms with Crippen LogP contribution in [0.15, 0.2) is 24.3 Å². The molecule has 0 saturated heterocycles. The summed E-state index contributed by atoms with van der Waals surface area (Å²) < 4.78 is 5.30. The van der Waals surface area contributed by atoms with E-state index in [0.717, 1.165) is 22.2 Å². The molecule has 2 aromatic rings. The summed E-state index contributed by atoms with van der Waals surface area (Å²) in [6, 6.07) is 7.98. The van der Waals surface area contributed by atoms with Crippen molar-refractivity contribution in [1.29, 1.82) is 0 Å². The van der Waals surface area contributed by atoms with E-state index in [1.54, 1.807) is 7.11 Å². The third-order valence-corrected chi connectivity index (χ3v) is 2.82. The normalized spacial score (nSPS) is 10.9. The molecule has 0 aliphatic carbocycles. The van der Waals surface area contributed by atoms with Crippen LogP contribution in [0.25, 0.3) is 10.9 Å². The summed E-state index contributed by atoms with van der Waals surface area (Å²) in [6.07, 6.45) is 0. The first kappa shape index (κ1) is 11.7. The van der Waals surface area contributed by atoms with E-state index >= 15 is 0 Å². The third-order valence-electron chi connectivity index (χ3n) is 2.82. The number of para-hydroxylation sites is 1. The van der Waals surface area contributed by atoms with E-state index < -0.39 is 0 Å². The maximum absolute atomic E-state index is 5.52. The first-order chi connectivity index (χ1) is 8.17. The maximum atomic E-state index is 5.52. The number of rotatable bonds is 3. The van der Waals surface area contributed by atoms with E-state index in [1.165, 1.54) is 0 Å². The van der Waals surface area contributed by atoms with Gasteiger partial charge in [-0.3, -0.25) is 0 Å². The molecule has 2 rings (SSSR count). The highest BCUT2D eigenvalue weighted by Crippen LogP contribution is 2.30. The van der Waals surface area contributed by atoms with Crippen LogP contribution in [0.4, 0.5) is 5.82 Å². The van der Waals surface area contributed by atoms with Crippen molar-refractivity contribution >= 4 is 16.7 Å². The number of nitrogen functional groups attached to an aromatic ring is 1. The Kier molecular flexibility index (Phi) is 3.15. The number of aromatic nitrogens is 1. The second-order valence-corrected chi connectivity index (χ2v) is 4.26. The number of nitrogens with one attached hydrogen (secondary N) is 1. The standard InChI is InChI=1S/C13H17N3O/c1-8(2)10-7-9-5-4-6-11(17-3)12(9)15-13(10)16-14/h4-8H,14H2,1-3H3,(H,15,16). The minimum absolute atomic E-state index is 0.365. The van der Waals surface area contributed by atoms with Gasteiger partial charge in [-0.05, 0) is 23.6 Å². The molecular weight excluding hydrogens is 214 g/mol. The van der Waals surface area contributed by atoms with Gasteiger partial charge in [-0.25, -0.2) is 10.8 Å². The third kappa shape index (κ3) is 2.03. The predicted octanol–water partition coefficient (Wildman–Crippen LogP) is 2.65. The van der Waals surface area contributed by atoms with Crippen LogP contribution in [0.1, 0.15) is 25.3 Å². The highest BCUT2D eigenvalue weighted by atomic mass is 16.5. The summed E-state index contributed by atoms with van der Waals surface area (Å²) in [6.45, 7) is 4.23. The van der Waals surface area contributed by atoms with E-state index in [4.69, 9.17) is 10.6 Å². The summed E-state index contributed by atoms with van der Waals surface area (Å²) >= 11 is 0. The number of fused-ring (bicyclic) bond motifs is 1. The molecule has 0 unspecified atom stereocenters. The zero-order chi connectivity index (χ0) is 12.4. The quantitative estimate of drug-likeness (QED) is 0.629. The molecule has 17 heavy (non-hydrogen) atoms. The van der Waals surface area contributed by atoms with Crippen LogP contribution in [0, 0.1) is 0 Å². The molecule has 0 fully saturated rings. The van der Waals surface area contributed by atoms with E-state index in [2.05, 4.69) is 30.3 Å². The topological polar surface area (TPSA) is 60.2 Å². The molecule has 1 aromatic carbocycles. The van der Waals surface area contributed by atoms with Crippen molar-refractivity contribution < 1.29 is 4.74 Å². The second-order valence-electron chi connectivity index (χ2n) is 4.26. The zero-order valence-electron chi connectivity index (χ0n) is 10.3. The van der Waals surface area contributed by atoms with Crippen molar-refractivity contribution in [3.8, 4) is 5.75 Å². The van der Waals surface area contributed by atoms with Crippen molar-refractivity contribution in [1.82, 2.24) is 4.98 Å². The first-order valence-electron chi connectivity index (χ1n) is 5.61. The zero-order valence-corrected chi connectivity index (χ0v) is 10.3. The van der Waals surface area contributed by atoms with Crippen LogP contribution in [0.2, 0.25) is 0 Å². The van der Waals surface area contributed by atoms with Crippen LogP contribution in [-0.4, -0.2) is 12.1 Å². The lowest BCUT2D eigenvalue weighted by Crippen LogP contribution is -2.12. The Morgan fingerprint density at radius 1 is 1.35 bits per heavy atom. The molecule has 0 spiro atoms. The van der Waals surface area contributed by atoms with E-state index in [-0.39, 0.29) is 0 Å². The minimum Gasteiger partial charge on any atom is -0.494 e. The van der Waals surface area contributed by atoms with Gasteiger partial charge in [0.25, 0.3) is 0 Å². The molecule has 0 saturated carbocycles. The number of hydrogen-bond donors (Lipinski definition) is 2. The Balaban J connectivity index is 2.73. The van der Waals surface area contributed by atoms with Gasteiger partial charge in [0.2, 0.25) is 0 Å². The minimum atomic E-state index is 0.365. The smallest absolute Gasteiger partial charge is 0.145 e. The van der Waals surface area contributed by atoms with Gasteiger partial charge in [0.15, 0.2) is 0 Å². The Hall–Kier alpha value is -1.81. The average Bonchev–Trinajstić information content (AvgIpc) is 2.36. The summed E-state index contributed by atoms with van der Waals surface area (Å²) in [4.78, 5) is 4.52. The number of nitrogens with two attached hydrogens (primary N) is 1. The number of pyridine rings is 1. The summed E-state index contributed by atoms with van der Waals surface area (Å²) in [5, 5.41) is 1.06. The Bertz CT molecular complexity index is 537. The van der Waals surface area contributed by atoms with Crippen LogP contribution >= 0.6 is 0 Å². The largest absolute Gasteiger partial charge is 0.494 e. The molecule has 0 amide bonds. The van der Waals surface area contributed by atoms with E-state index in [0.29, 0.717) is 11.7 Å². The van der Waals surface area contributed by atoms with Crippen LogP contribution in [0.5, 0.6) is 5.75 Å². The lowest BCUT2D eigenvalue weighted by Gasteiger charge is -2.13. The summed E-state index contributed by atoms with van der Waals surface area (Å²) in [5.41, 5.74) is 4.58. The van der Waals surface area contributed by atoms with Gasteiger partial charge < -0.3 is 10.2 Å². The van der Waals surface area contributed by atoms with Gasteiger partial charge in [0.05, 0.1) is 7.11 Å². The molecule has 1 heterocycles. The van der Waals surface area contributed by atoms with Crippen molar-refractivity contribution in [3.63, 3.8) is 0 Å². The number of benzene rings is 1. The number of nitrogens with zero attached hydrogens (tertiary/aromatic N) is 1. The fraction of sp³-hybridized carbons (Fsp3) is 0.308. The molecule has 0 atom stereocenters. The highest BCUT2D eigenvalue weighted by Gasteiger charge is 2.11. The first-order valence-corrected chi connectivity index (χ1v) is 5.61. The number of anilines is 1. The van der Waals surface area contributed by atoms with Gasteiger partial charge in [-0.1, -0.05) is 26.0 Å². The monoisotopic (exact) mass is 231 g/mol. The lowest BCUT2D eigenvalue weighted by atomic mass is 10.0. The van der Waals surface area contributed by atoms with E-state index in [1.807, 2.05) is 18.2 Å². The average molecular weight is 231 g/mol. The number of hydrogen-bond acceptors (Lipinski definition) is 4. The summed E-state index contributed by atoms with van der Waals surface area (Å²) in [7, 11) is 1.64. The molecule has 1 aromatic heterocycles. The van der Waals surface area contributed by atoms with Crippen molar-refractivity contribution in [3.05, 3.63) is 29.8 Å². The van der Waals surface area contributed by atoms with Gasteiger partial charge in [0, 0.05) is 5.39 Å². The highest BCUT2D eigenvalue weighted by molar-refractivity contribution is 5.87. The molecule has 0 radical (unpaired) electrons. The van der Waals surface area contributed by atoms with Crippen molar-refractivity contribution in [2.24, 2.45) is 5.84 Å². The lowest BCUT2D eigenvalue weighted by molar-refractivity contribution is 0.419. The SMILES string of the molecule is COc1cccc2cc(C(C)C)c(NN)nc12. The molecule has 0 aliphatic rings. The van der Waals surface area contributed by atoms with Gasteiger partial charge in [0.1, 0.15) is 17.1 Å². The molecular formula is C13H17N3O. The second kappa shape index (κ2) is 4.59. The molecule has 4 nitrogen and oxygen atoms in total. The Labute approximate surface area is 101 Å². The number of methoxy groups -OCH3 is 1. The number of hydrazine groups is 1. The predicted molar refractivity (Wildman–Crippen MR) is 70.2 cm³/mol. The fourth-order valence-electron chi connectivity index (χ4n) is 1.91. The van der Waals surface area contributed by atoms with Crippen LogP contribution in [0.3, 0.4) is 0 Å². The molecule has 4 heteroatoms. The summed E-state index contributed by atoms with van der Waals surface area (Å²) in [5.74, 6) is 7.35. The number of ether oxygens (including phenoxy) is 1. The molecule has 0 bridgehead atoms. The van der Waals surface area contributed by atoms with Gasteiger partial charge in [-0.2, -0.15) is 0 Å².